The number of hydrogen-bond donors (Lipinski definition) is 2. The van der Waals surface area contributed by atoms with Gasteiger partial charge < -0.3 is 14.8 Å². The van der Waals surface area contributed by atoms with Crippen molar-refractivity contribution in [1.82, 2.24) is 10.6 Å². The fraction of sp³-hybridized carbons (Fsp3) is 0.474. The van der Waals surface area contributed by atoms with Gasteiger partial charge in [0, 0.05) is 11.8 Å². The molecule has 0 radical (unpaired) electrons. The van der Waals surface area contributed by atoms with Crippen molar-refractivity contribution in [2.24, 2.45) is 0 Å². The summed E-state index contributed by atoms with van der Waals surface area (Å²) in [5, 5.41) is 5.22. The minimum atomic E-state index is -0.732. The van der Waals surface area contributed by atoms with E-state index >= 15 is 0 Å². The van der Waals surface area contributed by atoms with Gasteiger partial charge in [0.15, 0.2) is 11.5 Å². The summed E-state index contributed by atoms with van der Waals surface area (Å²) in [7, 11) is 0. The number of allylic oxidation sites excluding steroid dienone is 1. The van der Waals surface area contributed by atoms with E-state index in [1.54, 1.807) is 0 Å². The highest BCUT2D eigenvalue weighted by Crippen LogP contribution is 2.51. The lowest BCUT2D eigenvalue weighted by molar-refractivity contribution is -0.125. The number of imide groups is 1. The molecule has 1 aromatic carbocycles. The molecule has 2 spiro atoms. The molecule has 130 valence electrons. The zero-order valence-corrected chi connectivity index (χ0v) is 13.9. The van der Waals surface area contributed by atoms with Crippen LogP contribution < -0.4 is 20.1 Å². The molecule has 0 aromatic heterocycles. The minimum absolute atomic E-state index is 0.0844. The summed E-state index contributed by atoms with van der Waals surface area (Å²) in [5.74, 6) is 1.44. The summed E-state index contributed by atoms with van der Waals surface area (Å²) in [6.07, 6.45) is 8.21. The number of nitrogens with one attached hydrogen (secondary N) is 2. The molecule has 2 aliphatic carbocycles. The normalized spacial score (nSPS) is 32.5. The maximum Gasteiger partial charge on any atom is 0.322 e. The lowest BCUT2D eigenvalue weighted by Gasteiger charge is -2.41. The van der Waals surface area contributed by atoms with Crippen molar-refractivity contribution in [3.8, 4) is 11.5 Å². The number of amides is 3. The first-order valence-electron chi connectivity index (χ1n) is 8.87. The first-order chi connectivity index (χ1) is 12.1. The molecule has 6 heteroatoms. The molecule has 1 saturated carbocycles. The van der Waals surface area contributed by atoms with Crippen LogP contribution in [0.1, 0.15) is 43.2 Å². The number of rotatable bonds is 0. The number of hydrogen-bond acceptors (Lipinski definition) is 4. The quantitative estimate of drug-likeness (QED) is 0.710. The minimum Gasteiger partial charge on any atom is -0.490 e. The Bertz CT molecular complexity index is 806. The van der Waals surface area contributed by atoms with E-state index in [4.69, 9.17) is 9.47 Å². The summed E-state index contributed by atoms with van der Waals surface area (Å²) in [4.78, 5) is 23.7. The van der Waals surface area contributed by atoms with Crippen LogP contribution in [0.25, 0.3) is 6.08 Å². The highest BCUT2D eigenvalue weighted by molar-refractivity contribution is 6.07. The second kappa shape index (κ2) is 5.00. The zero-order chi connectivity index (χ0) is 17.1. The molecule has 0 unspecified atom stereocenters. The second-order valence-electron chi connectivity index (χ2n) is 7.42. The Morgan fingerprint density at radius 2 is 1.68 bits per heavy atom. The monoisotopic (exact) mass is 340 g/mol. The van der Waals surface area contributed by atoms with E-state index in [0.29, 0.717) is 26.1 Å². The van der Waals surface area contributed by atoms with E-state index in [0.717, 1.165) is 30.8 Å². The summed E-state index contributed by atoms with van der Waals surface area (Å²) >= 11 is 0. The van der Waals surface area contributed by atoms with Gasteiger partial charge in [0.25, 0.3) is 5.91 Å². The number of carbonyl (C=O) groups excluding carboxylic acids is 2. The lowest BCUT2D eigenvalue weighted by atomic mass is 9.65. The predicted molar refractivity (Wildman–Crippen MR) is 90.6 cm³/mol. The molecule has 3 amide bonds. The van der Waals surface area contributed by atoms with Gasteiger partial charge >= 0.3 is 6.03 Å². The standard InChI is InChI=1S/C19H20N2O4/c22-16-19(21-17(23)20-16)6-4-18(5-7-19)3-2-12-10-14-15(11-13(12)18)25-9-1-8-24-14/h2-3,10-11H,1,4-9H2,(H2,20,21,22,23). The average Bonchev–Trinajstić information content (AvgIpc) is 2.96. The third-order valence-electron chi connectivity index (χ3n) is 6.05. The van der Waals surface area contributed by atoms with E-state index in [-0.39, 0.29) is 17.4 Å². The van der Waals surface area contributed by atoms with Crippen molar-refractivity contribution in [3.63, 3.8) is 0 Å². The number of ether oxygens (including phenoxy) is 2. The van der Waals surface area contributed by atoms with Gasteiger partial charge in [0.2, 0.25) is 0 Å². The van der Waals surface area contributed by atoms with Crippen molar-refractivity contribution in [2.45, 2.75) is 43.1 Å². The number of carbonyl (C=O) groups is 2. The second-order valence-corrected chi connectivity index (χ2v) is 7.42. The number of benzene rings is 1. The summed E-state index contributed by atoms with van der Waals surface area (Å²) in [6.45, 7) is 1.35. The van der Waals surface area contributed by atoms with Crippen LogP contribution >= 0.6 is 0 Å². The molecule has 0 atom stereocenters. The van der Waals surface area contributed by atoms with Crippen molar-refractivity contribution in [1.29, 1.82) is 0 Å². The van der Waals surface area contributed by atoms with Crippen LogP contribution in [0, 0.1) is 0 Å². The molecule has 2 aliphatic heterocycles. The van der Waals surface area contributed by atoms with Crippen LogP contribution in [-0.2, 0) is 10.2 Å². The van der Waals surface area contributed by atoms with Crippen molar-refractivity contribution >= 4 is 18.0 Å². The van der Waals surface area contributed by atoms with Gasteiger partial charge in [0.05, 0.1) is 13.2 Å². The van der Waals surface area contributed by atoms with Gasteiger partial charge in [-0.1, -0.05) is 12.2 Å². The topological polar surface area (TPSA) is 76.7 Å². The first-order valence-corrected chi connectivity index (χ1v) is 8.87. The summed E-state index contributed by atoms with van der Waals surface area (Å²) in [6, 6.07) is 3.80. The Morgan fingerprint density at radius 3 is 2.36 bits per heavy atom. The van der Waals surface area contributed by atoms with Gasteiger partial charge in [-0.2, -0.15) is 0 Å². The van der Waals surface area contributed by atoms with E-state index < -0.39 is 5.54 Å². The molecule has 1 aromatic rings. The Labute approximate surface area is 145 Å². The van der Waals surface area contributed by atoms with Crippen LogP contribution in [0.4, 0.5) is 4.79 Å². The average molecular weight is 340 g/mol. The largest absolute Gasteiger partial charge is 0.490 e. The van der Waals surface area contributed by atoms with Crippen LogP contribution in [-0.4, -0.2) is 30.7 Å². The molecular formula is C19H20N2O4. The fourth-order valence-electron chi connectivity index (χ4n) is 4.57. The third kappa shape index (κ3) is 2.09. The molecule has 2 heterocycles. The Kier molecular flexibility index (Phi) is 2.96. The first kappa shape index (κ1) is 14.8. The highest BCUT2D eigenvalue weighted by atomic mass is 16.5. The smallest absolute Gasteiger partial charge is 0.322 e. The van der Waals surface area contributed by atoms with Crippen LogP contribution in [0.5, 0.6) is 11.5 Å². The molecular weight excluding hydrogens is 320 g/mol. The Morgan fingerprint density at radius 1 is 0.960 bits per heavy atom. The molecule has 2 N–H and O–H groups in total. The maximum absolute atomic E-state index is 12.2. The molecule has 25 heavy (non-hydrogen) atoms. The van der Waals surface area contributed by atoms with E-state index in [1.165, 1.54) is 11.1 Å². The predicted octanol–water partition coefficient (Wildman–Crippen LogP) is 2.26. The van der Waals surface area contributed by atoms with Gasteiger partial charge in [-0.15, -0.1) is 0 Å². The Balaban J connectivity index is 1.46. The van der Waals surface area contributed by atoms with Gasteiger partial charge in [-0.05, 0) is 48.9 Å². The molecule has 6 nitrogen and oxygen atoms in total. The van der Waals surface area contributed by atoms with Crippen LogP contribution in [0.2, 0.25) is 0 Å². The van der Waals surface area contributed by atoms with E-state index in [2.05, 4.69) is 34.9 Å². The van der Waals surface area contributed by atoms with E-state index in [9.17, 15) is 9.59 Å². The van der Waals surface area contributed by atoms with Gasteiger partial charge in [0.1, 0.15) is 5.54 Å². The van der Waals surface area contributed by atoms with E-state index in [1.807, 2.05) is 0 Å². The third-order valence-corrected chi connectivity index (χ3v) is 6.05. The number of fused-ring (bicyclic) bond motifs is 3. The van der Waals surface area contributed by atoms with Crippen molar-refractivity contribution in [3.05, 3.63) is 29.3 Å². The molecule has 4 aliphatic rings. The lowest BCUT2D eigenvalue weighted by Crippen LogP contribution is -2.51. The fourth-order valence-corrected chi connectivity index (χ4v) is 4.57. The zero-order valence-electron chi connectivity index (χ0n) is 13.9. The van der Waals surface area contributed by atoms with Gasteiger partial charge in [-0.25, -0.2) is 4.79 Å². The summed E-state index contributed by atoms with van der Waals surface area (Å²) < 4.78 is 11.7. The SMILES string of the molecule is O=C1NC(=O)C2(CCC3(C=Cc4cc5c(cc43)OCCCO5)CC2)N1. The highest BCUT2D eigenvalue weighted by Gasteiger charge is 2.52. The molecule has 5 rings (SSSR count). The number of urea groups is 1. The van der Waals surface area contributed by atoms with Crippen LogP contribution in [0.3, 0.4) is 0 Å². The molecule has 0 bridgehead atoms. The van der Waals surface area contributed by atoms with Crippen LogP contribution in [0.15, 0.2) is 18.2 Å². The van der Waals surface area contributed by atoms with Crippen molar-refractivity contribution < 1.29 is 19.1 Å². The summed E-state index contributed by atoms with van der Waals surface area (Å²) in [5.41, 5.74) is 1.60. The van der Waals surface area contributed by atoms with Gasteiger partial charge in [-0.3, -0.25) is 10.1 Å². The molecule has 1 saturated heterocycles. The molecule has 2 fully saturated rings. The maximum atomic E-state index is 12.2. The van der Waals surface area contributed by atoms with Crippen molar-refractivity contribution in [2.75, 3.05) is 13.2 Å². The Hall–Kier alpha value is -2.50.